The van der Waals surface area contributed by atoms with E-state index < -0.39 is 6.04 Å². The molecule has 0 aliphatic heterocycles. The van der Waals surface area contributed by atoms with Crippen molar-refractivity contribution in [2.24, 2.45) is 0 Å². The topological polar surface area (TPSA) is 62.6 Å². The fraction of sp³-hybridized carbons (Fsp3) is 0.200. The van der Waals surface area contributed by atoms with Gasteiger partial charge in [-0.2, -0.15) is 0 Å². The Labute approximate surface area is 177 Å². The van der Waals surface area contributed by atoms with E-state index in [1.165, 1.54) is 0 Å². The van der Waals surface area contributed by atoms with Gasteiger partial charge in [-0.1, -0.05) is 65.7 Å². The lowest BCUT2D eigenvalue weighted by Gasteiger charge is -2.24. The van der Waals surface area contributed by atoms with E-state index in [1.54, 1.807) is 0 Å². The standard InChI is InChI=1S/C25H27N3O2/c1-18-9-13-21(14-10-18)26-23(29)17-28(3)24(20-7-5-4-6-8-20)25(30)27-22-15-11-19(2)12-16-22/h4-16,24H,17H2,1-3H3,(H,26,29)(H,27,30)/p+1/t24-/m0/s1. The summed E-state index contributed by atoms with van der Waals surface area (Å²) in [5, 5.41) is 5.90. The summed E-state index contributed by atoms with van der Waals surface area (Å²) in [6.07, 6.45) is 0. The summed E-state index contributed by atoms with van der Waals surface area (Å²) < 4.78 is 0. The smallest absolute Gasteiger partial charge is 0.287 e. The second-order valence-corrected chi connectivity index (χ2v) is 7.64. The second kappa shape index (κ2) is 9.85. The SMILES string of the molecule is Cc1ccc(NC(=O)C[NH+](C)[C@H](C(=O)Nc2ccc(C)cc2)c2ccccc2)cc1. The zero-order chi connectivity index (χ0) is 21.5. The first-order chi connectivity index (χ1) is 14.4. The maximum absolute atomic E-state index is 13.2. The van der Waals surface area contributed by atoms with Crippen LogP contribution in [-0.4, -0.2) is 25.4 Å². The molecule has 0 spiro atoms. The summed E-state index contributed by atoms with van der Waals surface area (Å²) in [5.41, 5.74) is 4.61. The number of likely N-dealkylation sites (N-methyl/N-ethyl adjacent to an activating group) is 1. The van der Waals surface area contributed by atoms with Gasteiger partial charge < -0.3 is 15.5 Å². The zero-order valence-electron chi connectivity index (χ0n) is 17.6. The number of hydrogen-bond acceptors (Lipinski definition) is 2. The Bertz CT molecular complexity index is 983. The number of hydrogen-bond donors (Lipinski definition) is 3. The van der Waals surface area contributed by atoms with Crippen LogP contribution in [0.25, 0.3) is 0 Å². The summed E-state index contributed by atoms with van der Waals surface area (Å²) in [6, 6.07) is 24.4. The van der Waals surface area contributed by atoms with Gasteiger partial charge in [0.1, 0.15) is 0 Å². The number of rotatable bonds is 7. The molecule has 0 aliphatic rings. The highest BCUT2D eigenvalue weighted by Crippen LogP contribution is 2.15. The second-order valence-electron chi connectivity index (χ2n) is 7.64. The van der Waals surface area contributed by atoms with Crippen LogP contribution in [0.5, 0.6) is 0 Å². The van der Waals surface area contributed by atoms with Crippen LogP contribution in [0.4, 0.5) is 11.4 Å². The lowest BCUT2D eigenvalue weighted by Crippen LogP contribution is -3.11. The molecular formula is C25H28N3O2+. The molecule has 30 heavy (non-hydrogen) atoms. The Morgan fingerprint density at radius 3 is 1.80 bits per heavy atom. The van der Waals surface area contributed by atoms with Gasteiger partial charge in [-0.05, 0) is 38.1 Å². The molecule has 0 saturated heterocycles. The number of carbonyl (C=O) groups is 2. The quantitative estimate of drug-likeness (QED) is 0.569. The van der Waals surface area contributed by atoms with Crippen molar-refractivity contribution >= 4 is 23.2 Å². The Balaban J connectivity index is 1.74. The lowest BCUT2D eigenvalue weighted by molar-refractivity contribution is -0.893. The minimum atomic E-state index is -0.517. The zero-order valence-corrected chi connectivity index (χ0v) is 17.6. The van der Waals surface area contributed by atoms with Gasteiger partial charge in [0.25, 0.3) is 11.8 Å². The molecule has 0 aliphatic carbocycles. The molecule has 3 aromatic rings. The van der Waals surface area contributed by atoms with Crippen LogP contribution >= 0.6 is 0 Å². The van der Waals surface area contributed by atoms with Gasteiger partial charge in [-0.25, -0.2) is 0 Å². The number of carbonyl (C=O) groups excluding carboxylic acids is 2. The van der Waals surface area contributed by atoms with E-state index in [9.17, 15) is 9.59 Å². The molecule has 3 rings (SSSR count). The summed E-state index contributed by atoms with van der Waals surface area (Å²) in [6.45, 7) is 4.17. The summed E-state index contributed by atoms with van der Waals surface area (Å²) >= 11 is 0. The third-order valence-electron chi connectivity index (χ3n) is 4.98. The molecule has 2 atom stereocenters. The molecule has 3 N–H and O–H groups in total. The molecule has 0 aromatic heterocycles. The fourth-order valence-corrected chi connectivity index (χ4v) is 3.35. The van der Waals surface area contributed by atoms with Crippen LogP contribution in [0, 0.1) is 13.8 Å². The van der Waals surface area contributed by atoms with Crippen LogP contribution in [0.2, 0.25) is 0 Å². The summed E-state index contributed by atoms with van der Waals surface area (Å²) in [7, 11) is 1.86. The van der Waals surface area contributed by atoms with Gasteiger partial charge in [-0.15, -0.1) is 0 Å². The van der Waals surface area contributed by atoms with Gasteiger partial charge in [0, 0.05) is 16.9 Å². The summed E-state index contributed by atoms with van der Waals surface area (Å²) in [5.74, 6) is -0.286. The number of benzene rings is 3. The molecule has 0 radical (unpaired) electrons. The highest BCUT2D eigenvalue weighted by Gasteiger charge is 2.30. The minimum absolute atomic E-state index is 0.138. The molecule has 1 unspecified atom stereocenters. The Hall–Kier alpha value is -3.44. The van der Waals surface area contributed by atoms with Crippen molar-refractivity contribution in [2.45, 2.75) is 19.9 Å². The first kappa shape index (κ1) is 21.3. The highest BCUT2D eigenvalue weighted by atomic mass is 16.2. The van der Waals surface area contributed by atoms with Gasteiger partial charge in [-0.3, -0.25) is 9.59 Å². The van der Waals surface area contributed by atoms with Crippen LogP contribution in [-0.2, 0) is 9.59 Å². The highest BCUT2D eigenvalue weighted by molar-refractivity contribution is 5.95. The van der Waals surface area contributed by atoms with Crippen molar-refractivity contribution in [3.63, 3.8) is 0 Å². The van der Waals surface area contributed by atoms with Crippen molar-refractivity contribution in [3.8, 4) is 0 Å². The lowest BCUT2D eigenvalue weighted by atomic mass is 10.0. The average Bonchev–Trinajstić information content (AvgIpc) is 2.72. The van der Waals surface area contributed by atoms with Gasteiger partial charge in [0.05, 0.1) is 7.05 Å². The summed E-state index contributed by atoms with van der Waals surface area (Å²) in [4.78, 5) is 26.5. The fourth-order valence-electron chi connectivity index (χ4n) is 3.35. The van der Waals surface area contributed by atoms with E-state index in [4.69, 9.17) is 0 Å². The third-order valence-corrected chi connectivity index (χ3v) is 4.98. The average molecular weight is 403 g/mol. The molecule has 0 bridgehead atoms. The first-order valence-corrected chi connectivity index (χ1v) is 10.0. The predicted octanol–water partition coefficient (Wildman–Crippen LogP) is 3.14. The number of aryl methyl sites for hydroxylation is 2. The van der Waals surface area contributed by atoms with Crippen LogP contribution in [0.1, 0.15) is 22.7 Å². The minimum Gasteiger partial charge on any atom is -0.321 e. The molecule has 0 fully saturated rings. The van der Waals surface area contributed by atoms with Gasteiger partial charge in [0.2, 0.25) is 0 Å². The largest absolute Gasteiger partial charge is 0.321 e. The van der Waals surface area contributed by atoms with Crippen molar-refractivity contribution in [3.05, 3.63) is 95.6 Å². The molecule has 154 valence electrons. The predicted molar refractivity (Wildman–Crippen MR) is 121 cm³/mol. The van der Waals surface area contributed by atoms with E-state index in [2.05, 4.69) is 10.6 Å². The molecule has 5 nitrogen and oxygen atoms in total. The van der Waals surface area contributed by atoms with Crippen molar-refractivity contribution in [1.82, 2.24) is 0 Å². The Morgan fingerprint density at radius 1 is 0.767 bits per heavy atom. The van der Waals surface area contributed by atoms with E-state index in [0.29, 0.717) is 0 Å². The van der Waals surface area contributed by atoms with E-state index in [1.807, 2.05) is 99.8 Å². The van der Waals surface area contributed by atoms with Crippen LogP contribution < -0.4 is 15.5 Å². The van der Waals surface area contributed by atoms with Gasteiger partial charge in [0.15, 0.2) is 12.6 Å². The van der Waals surface area contributed by atoms with Crippen molar-refractivity contribution in [1.29, 1.82) is 0 Å². The van der Waals surface area contributed by atoms with E-state index >= 15 is 0 Å². The normalized spacial score (nSPS) is 12.6. The molecular weight excluding hydrogens is 374 g/mol. The number of amides is 2. The first-order valence-electron chi connectivity index (χ1n) is 10.0. The van der Waals surface area contributed by atoms with Crippen LogP contribution in [0.3, 0.4) is 0 Å². The molecule has 2 amide bonds. The number of quaternary nitrogens is 1. The Morgan fingerprint density at radius 2 is 1.27 bits per heavy atom. The Kier molecular flexibility index (Phi) is 6.99. The molecule has 0 heterocycles. The molecule has 3 aromatic carbocycles. The number of anilines is 2. The van der Waals surface area contributed by atoms with Crippen LogP contribution in [0.15, 0.2) is 78.9 Å². The van der Waals surface area contributed by atoms with E-state index in [0.717, 1.165) is 33.0 Å². The monoisotopic (exact) mass is 402 g/mol. The van der Waals surface area contributed by atoms with Gasteiger partial charge >= 0.3 is 0 Å². The third kappa shape index (κ3) is 5.78. The van der Waals surface area contributed by atoms with E-state index in [-0.39, 0.29) is 18.4 Å². The maximum atomic E-state index is 13.2. The van der Waals surface area contributed by atoms with Crippen molar-refractivity contribution in [2.75, 3.05) is 24.2 Å². The molecule has 0 saturated carbocycles. The van der Waals surface area contributed by atoms with Crippen molar-refractivity contribution < 1.29 is 14.5 Å². The number of nitrogens with one attached hydrogen (secondary N) is 3. The maximum Gasteiger partial charge on any atom is 0.287 e. The molecule has 5 heteroatoms.